The van der Waals surface area contributed by atoms with E-state index in [4.69, 9.17) is 4.74 Å². The first-order valence-corrected chi connectivity index (χ1v) is 7.02. The Morgan fingerprint density at radius 3 is 1.47 bits per heavy atom. The summed E-state index contributed by atoms with van der Waals surface area (Å²) in [6.45, 7) is 0. The van der Waals surface area contributed by atoms with Gasteiger partial charge in [-0.1, -0.05) is 0 Å². The third-order valence-electron chi connectivity index (χ3n) is 7.77. The molecule has 0 amide bonds. The standard InChI is InChI=1S/C14H14O3/c15-11-13-5-1-2-6-9(5)10-7(13)3-4-8(10)14(6,13)12(16)17-11/h5-10H,1-4H2/t5-,6-,7+,8+,9?,10?,13?,14?. The molecule has 7 aliphatic rings. The van der Waals surface area contributed by atoms with Crippen molar-refractivity contribution in [1.82, 2.24) is 0 Å². The number of cyclic esters (lactones) is 2. The van der Waals surface area contributed by atoms with Crippen molar-refractivity contribution >= 4 is 11.9 Å². The van der Waals surface area contributed by atoms with E-state index in [0.717, 1.165) is 0 Å². The second-order valence-electron chi connectivity index (χ2n) is 7.15. The summed E-state index contributed by atoms with van der Waals surface area (Å²) < 4.78 is 5.17. The van der Waals surface area contributed by atoms with Crippen molar-refractivity contribution in [3.63, 3.8) is 0 Å². The third kappa shape index (κ3) is 0.428. The van der Waals surface area contributed by atoms with E-state index < -0.39 is 0 Å². The SMILES string of the molecule is O=C1OC(=O)C23[C@@H]4CC[C@@H]5C4C4[C@H](CC[C@@H]42)C153. The molecule has 7 rings (SSSR count). The Hall–Kier alpha value is -0.860. The van der Waals surface area contributed by atoms with Gasteiger partial charge in [0.15, 0.2) is 0 Å². The van der Waals surface area contributed by atoms with Crippen LogP contribution >= 0.6 is 0 Å². The average molecular weight is 230 g/mol. The van der Waals surface area contributed by atoms with Gasteiger partial charge in [0.25, 0.3) is 0 Å². The van der Waals surface area contributed by atoms with Crippen LogP contribution in [0.5, 0.6) is 0 Å². The largest absolute Gasteiger partial charge is 0.392 e. The lowest BCUT2D eigenvalue weighted by Crippen LogP contribution is -2.53. The summed E-state index contributed by atoms with van der Waals surface area (Å²) in [5, 5.41) is 0. The van der Waals surface area contributed by atoms with E-state index in [1.54, 1.807) is 0 Å². The first-order valence-electron chi connectivity index (χ1n) is 7.02. The topological polar surface area (TPSA) is 43.4 Å². The zero-order valence-corrected chi connectivity index (χ0v) is 9.52. The molecule has 3 nitrogen and oxygen atoms in total. The minimum atomic E-state index is -0.314. The molecule has 2 spiro atoms. The second kappa shape index (κ2) is 1.88. The highest BCUT2D eigenvalue weighted by atomic mass is 16.6. The molecule has 3 heteroatoms. The van der Waals surface area contributed by atoms with Gasteiger partial charge in [0.2, 0.25) is 0 Å². The molecule has 0 N–H and O–H groups in total. The van der Waals surface area contributed by atoms with Crippen LogP contribution in [-0.4, -0.2) is 11.9 Å². The molecule has 0 aromatic heterocycles. The number of hydrogen-bond acceptors (Lipinski definition) is 3. The lowest BCUT2D eigenvalue weighted by molar-refractivity contribution is -0.157. The van der Waals surface area contributed by atoms with Crippen molar-refractivity contribution in [1.29, 1.82) is 0 Å². The summed E-state index contributed by atoms with van der Waals surface area (Å²) in [5.41, 5.74) is -0.628. The van der Waals surface area contributed by atoms with Crippen molar-refractivity contribution < 1.29 is 14.3 Å². The van der Waals surface area contributed by atoms with Gasteiger partial charge in [-0.25, -0.2) is 0 Å². The van der Waals surface area contributed by atoms with E-state index in [1.807, 2.05) is 0 Å². The Bertz CT molecular complexity index is 452. The summed E-state index contributed by atoms with van der Waals surface area (Å²) in [6, 6.07) is 0. The van der Waals surface area contributed by atoms with Gasteiger partial charge in [0.1, 0.15) is 0 Å². The van der Waals surface area contributed by atoms with Crippen LogP contribution in [0.2, 0.25) is 0 Å². The summed E-state index contributed by atoms with van der Waals surface area (Å²) in [7, 11) is 0. The van der Waals surface area contributed by atoms with E-state index in [-0.39, 0.29) is 22.8 Å². The molecule has 7 fully saturated rings. The number of carbonyl (C=O) groups is 2. The molecule has 6 aliphatic carbocycles. The van der Waals surface area contributed by atoms with Crippen LogP contribution in [-0.2, 0) is 14.3 Å². The fraction of sp³-hybridized carbons (Fsp3) is 0.857. The number of hydrogen-bond donors (Lipinski definition) is 0. The average Bonchev–Trinajstić information content (AvgIpc) is 3.06. The summed E-state index contributed by atoms with van der Waals surface area (Å²) >= 11 is 0. The van der Waals surface area contributed by atoms with Crippen LogP contribution in [0.3, 0.4) is 0 Å². The molecule has 0 aromatic rings. The van der Waals surface area contributed by atoms with Gasteiger partial charge in [-0.2, -0.15) is 0 Å². The molecule has 8 bridgehead atoms. The molecule has 2 unspecified atom stereocenters. The monoisotopic (exact) mass is 230 g/mol. The normalized spacial score (nSPS) is 71.8. The van der Waals surface area contributed by atoms with Gasteiger partial charge in [0.05, 0.1) is 10.8 Å². The van der Waals surface area contributed by atoms with Crippen LogP contribution in [0.1, 0.15) is 25.7 Å². The first kappa shape index (κ1) is 8.28. The third-order valence-corrected chi connectivity index (χ3v) is 7.77. The molecule has 6 saturated carbocycles. The zero-order valence-electron chi connectivity index (χ0n) is 9.52. The first-order chi connectivity index (χ1) is 8.25. The minimum Gasteiger partial charge on any atom is -0.392 e. The van der Waals surface area contributed by atoms with Crippen LogP contribution in [0.4, 0.5) is 0 Å². The predicted octanol–water partition coefficient (Wildman–Crippen LogP) is 1.37. The molecule has 0 aromatic carbocycles. The Labute approximate surface area is 98.9 Å². The quantitative estimate of drug-likeness (QED) is 0.466. The maximum absolute atomic E-state index is 12.4. The lowest BCUT2D eigenvalue weighted by atomic mass is 9.51. The van der Waals surface area contributed by atoms with Crippen LogP contribution in [0, 0.1) is 46.3 Å². The Balaban J connectivity index is 1.81. The second-order valence-corrected chi connectivity index (χ2v) is 7.15. The van der Waals surface area contributed by atoms with Crippen molar-refractivity contribution in [2.75, 3.05) is 0 Å². The van der Waals surface area contributed by atoms with Crippen LogP contribution in [0.15, 0.2) is 0 Å². The molecule has 0 radical (unpaired) electrons. The molecule has 1 saturated heterocycles. The molecule has 1 heterocycles. The van der Waals surface area contributed by atoms with Crippen molar-refractivity contribution in [2.24, 2.45) is 46.3 Å². The maximum Gasteiger partial charge on any atom is 0.321 e. The fourth-order valence-corrected chi connectivity index (χ4v) is 8.22. The summed E-state index contributed by atoms with van der Waals surface area (Å²) in [6.07, 6.45) is 4.72. The fourth-order valence-electron chi connectivity index (χ4n) is 8.22. The van der Waals surface area contributed by atoms with Crippen molar-refractivity contribution in [2.45, 2.75) is 25.7 Å². The van der Waals surface area contributed by atoms with Crippen molar-refractivity contribution in [3.05, 3.63) is 0 Å². The Morgan fingerprint density at radius 1 is 0.765 bits per heavy atom. The molecular formula is C14H14O3. The van der Waals surface area contributed by atoms with Gasteiger partial charge in [0, 0.05) is 0 Å². The maximum atomic E-state index is 12.4. The lowest BCUT2D eigenvalue weighted by Gasteiger charge is -2.46. The summed E-state index contributed by atoms with van der Waals surface area (Å²) in [4.78, 5) is 24.8. The van der Waals surface area contributed by atoms with E-state index in [1.165, 1.54) is 25.7 Å². The van der Waals surface area contributed by atoms with Gasteiger partial charge < -0.3 is 4.74 Å². The van der Waals surface area contributed by atoms with Gasteiger partial charge in [-0.15, -0.1) is 0 Å². The zero-order chi connectivity index (χ0) is 11.2. The van der Waals surface area contributed by atoms with Crippen LogP contribution < -0.4 is 0 Å². The number of ether oxygens (including phenoxy) is 1. The van der Waals surface area contributed by atoms with Gasteiger partial charge in [-0.05, 0) is 61.2 Å². The van der Waals surface area contributed by atoms with E-state index >= 15 is 0 Å². The number of carbonyl (C=O) groups excluding carboxylic acids is 2. The highest BCUT2D eigenvalue weighted by Crippen LogP contribution is 2.94. The van der Waals surface area contributed by atoms with Gasteiger partial charge >= 0.3 is 11.9 Å². The highest BCUT2D eigenvalue weighted by Gasteiger charge is 2.97. The highest BCUT2D eigenvalue weighted by molar-refractivity contribution is 6.05. The predicted molar refractivity (Wildman–Crippen MR) is 55.4 cm³/mol. The number of esters is 2. The molecule has 88 valence electrons. The summed E-state index contributed by atoms with van der Waals surface area (Å²) in [5.74, 6) is 3.24. The Kier molecular flexibility index (Phi) is 0.915. The molecule has 17 heavy (non-hydrogen) atoms. The van der Waals surface area contributed by atoms with E-state index in [0.29, 0.717) is 35.5 Å². The Morgan fingerprint density at radius 2 is 1.12 bits per heavy atom. The minimum absolute atomic E-state index is 0.116. The molecule has 6 atom stereocenters. The number of rotatable bonds is 0. The van der Waals surface area contributed by atoms with Crippen molar-refractivity contribution in [3.8, 4) is 0 Å². The molecule has 1 aliphatic heterocycles. The van der Waals surface area contributed by atoms with E-state index in [9.17, 15) is 9.59 Å². The van der Waals surface area contributed by atoms with Crippen LogP contribution in [0.25, 0.3) is 0 Å². The molecular weight excluding hydrogens is 216 g/mol. The van der Waals surface area contributed by atoms with Gasteiger partial charge in [-0.3, -0.25) is 9.59 Å². The smallest absolute Gasteiger partial charge is 0.321 e. The van der Waals surface area contributed by atoms with E-state index in [2.05, 4.69) is 0 Å².